The zero-order valence-electron chi connectivity index (χ0n) is 22.4. The molecule has 0 fully saturated rings. The number of hydrogen-bond acceptors (Lipinski definition) is 0. The van der Waals surface area contributed by atoms with Crippen LogP contribution in [0.1, 0.15) is 0 Å². The van der Waals surface area contributed by atoms with Crippen molar-refractivity contribution >= 4 is 74.9 Å². The normalized spacial score (nSPS) is 13.3. The molecule has 0 nitrogen and oxygen atoms in total. The van der Waals surface area contributed by atoms with Gasteiger partial charge >= 0.3 is 264 Å². The molecule has 0 aliphatic rings. The third-order valence-electron chi connectivity index (χ3n) is 7.52. The van der Waals surface area contributed by atoms with E-state index in [1.54, 1.807) is 0 Å². The second-order valence-electron chi connectivity index (χ2n) is 9.78. The maximum atomic E-state index is 4.88. The second-order valence-corrected chi connectivity index (χ2v) is 92.0. The summed E-state index contributed by atoms with van der Waals surface area (Å²) in [6.45, 7) is 0. The Labute approximate surface area is 261 Å². The molecule has 0 atom stereocenters. The summed E-state index contributed by atoms with van der Waals surface area (Å²) in [4.78, 5) is 0. The van der Waals surface area contributed by atoms with Gasteiger partial charge in [-0.25, -0.2) is 0 Å². The van der Waals surface area contributed by atoms with Crippen LogP contribution in [-0.4, -0.2) is 21.9 Å². The molecule has 0 aliphatic carbocycles. The molecule has 0 spiro atoms. The molecule has 5 heteroatoms. The number of hydrogen-bond donors (Lipinski definition) is 0. The van der Waals surface area contributed by atoms with Gasteiger partial charge in [-0.15, -0.1) is 0 Å². The Bertz CT molecular complexity index is 1360. The first-order valence-corrected chi connectivity index (χ1v) is 36.3. The Balaban J connectivity index is 1.86. The molecule has 0 saturated carbocycles. The summed E-state index contributed by atoms with van der Waals surface area (Å²) in [5.41, 5.74) is 0. The molecule has 0 unspecified atom stereocenters. The monoisotopic (exact) mass is 878 g/mol. The third kappa shape index (κ3) is 4.94. The fourth-order valence-corrected chi connectivity index (χ4v) is 163. The van der Waals surface area contributed by atoms with E-state index in [1.807, 2.05) is 0 Å². The second kappa shape index (κ2) is 12.7. The van der Waals surface area contributed by atoms with Crippen LogP contribution in [0.5, 0.6) is 0 Å². The van der Waals surface area contributed by atoms with E-state index in [9.17, 15) is 0 Å². The van der Waals surface area contributed by atoms with Crippen LogP contribution < -0.4 is 26.1 Å². The molecule has 6 aromatic carbocycles. The number of rotatable bonds is 8. The summed E-state index contributed by atoms with van der Waals surface area (Å²) in [6.07, 6.45) is 0. The van der Waals surface area contributed by atoms with Crippen LogP contribution in [-0.2, 0) is 7.03 Å². The predicted molar refractivity (Wildman–Crippen MR) is 189 cm³/mol. The van der Waals surface area contributed by atoms with Crippen molar-refractivity contribution in [3.05, 3.63) is 182 Å². The predicted octanol–water partition coefficient (Wildman–Crippen LogP) is 5.56. The standard InChI is InChI=1S/2C18H16As.2BrH.Pd/c2*1-4-10-16(11-5-1)19(17-12-6-2-7-13-17)18-14-8-3-9-15-18;;;/h2*1-15,19H;2*1H;/q2*+1;;;/p-2. The van der Waals surface area contributed by atoms with E-state index in [2.05, 4.69) is 182 Å². The maximum absolute atomic E-state index is 4.88. The summed E-state index contributed by atoms with van der Waals surface area (Å²) in [5.74, 6) is 0. The van der Waals surface area contributed by atoms with Crippen LogP contribution in [0.3, 0.4) is 0 Å². The van der Waals surface area contributed by atoms with E-state index in [0.717, 1.165) is 0 Å². The zero-order chi connectivity index (χ0) is 28.2. The molecule has 6 rings (SSSR count). The quantitative estimate of drug-likeness (QED) is 0.176. The van der Waals surface area contributed by atoms with Gasteiger partial charge in [0.1, 0.15) is 0 Å². The van der Waals surface area contributed by atoms with Crippen LogP contribution in [0.4, 0.5) is 0 Å². The average Bonchev–Trinajstić information content (AvgIpc) is 3.05. The SMILES string of the molecule is [Br][Pd]([Br])([AsH](c1ccccc1)(c1ccccc1)c1ccccc1)[AsH](c1ccccc1)(c1ccccc1)c1ccccc1. The van der Waals surface area contributed by atoms with Crippen LogP contribution in [0.15, 0.2) is 182 Å². The molecule has 210 valence electrons. The molecule has 0 aromatic heterocycles. The van der Waals surface area contributed by atoms with Gasteiger partial charge in [-0.1, -0.05) is 0 Å². The van der Waals surface area contributed by atoms with E-state index < -0.39 is 29.0 Å². The zero-order valence-corrected chi connectivity index (χ0v) is 31.3. The van der Waals surface area contributed by atoms with Crippen LogP contribution in [0.25, 0.3) is 0 Å². The van der Waals surface area contributed by atoms with Crippen molar-refractivity contribution in [3.63, 3.8) is 0 Å². The molecule has 0 bridgehead atoms. The molecule has 0 heterocycles. The van der Waals surface area contributed by atoms with E-state index in [0.29, 0.717) is 0 Å². The average molecular weight is 881 g/mol. The Morgan fingerprint density at radius 1 is 0.268 bits per heavy atom. The van der Waals surface area contributed by atoms with Crippen LogP contribution >= 0.6 is 26.9 Å². The Hall–Kier alpha value is -1.94. The van der Waals surface area contributed by atoms with Gasteiger partial charge in [-0.2, -0.15) is 0 Å². The van der Waals surface area contributed by atoms with Crippen molar-refractivity contribution < 1.29 is 7.03 Å². The molecular formula is C36H32As2Br2Pd. The summed E-state index contributed by atoms with van der Waals surface area (Å²) in [6, 6.07) is 68.5. The van der Waals surface area contributed by atoms with Crippen molar-refractivity contribution in [1.29, 1.82) is 0 Å². The molecule has 6 aromatic rings. The Kier molecular flexibility index (Phi) is 9.05. The molecule has 0 saturated heterocycles. The molecule has 0 N–H and O–H groups in total. The summed E-state index contributed by atoms with van der Waals surface area (Å²) in [7, 11) is -10.0. The molecule has 0 aliphatic heterocycles. The van der Waals surface area contributed by atoms with Crippen molar-refractivity contribution in [2.45, 2.75) is 0 Å². The van der Waals surface area contributed by atoms with Crippen molar-refractivity contribution in [3.8, 4) is 0 Å². The minimum atomic E-state index is -3.58. The topological polar surface area (TPSA) is 0 Å². The van der Waals surface area contributed by atoms with E-state index >= 15 is 0 Å². The Morgan fingerprint density at radius 2 is 0.415 bits per heavy atom. The van der Waals surface area contributed by atoms with Gasteiger partial charge in [-0.3, -0.25) is 0 Å². The van der Waals surface area contributed by atoms with Crippen molar-refractivity contribution in [2.75, 3.05) is 0 Å². The fraction of sp³-hybridized carbons (Fsp3) is 0. The van der Waals surface area contributed by atoms with Gasteiger partial charge in [0, 0.05) is 0 Å². The van der Waals surface area contributed by atoms with Gasteiger partial charge in [0.15, 0.2) is 0 Å². The fourth-order valence-electron chi connectivity index (χ4n) is 5.81. The van der Waals surface area contributed by atoms with Crippen LogP contribution in [0, 0.1) is 0 Å². The van der Waals surface area contributed by atoms with Gasteiger partial charge in [0.2, 0.25) is 0 Å². The Morgan fingerprint density at radius 3 is 0.561 bits per heavy atom. The first-order chi connectivity index (χ1) is 20.1. The van der Waals surface area contributed by atoms with Gasteiger partial charge in [0.25, 0.3) is 0 Å². The summed E-state index contributed by atoms with van der Waals surface area (Å²) >= 11 is 9.77. The van der Waals surface area contributed by atoms with Crippen LogP contribution in [0.2, 0.25) is 0 Å². The minimum absolute atomic E-state index is 1.48. The molecule has 41 heavy (non-hydrogen) atoms. The van der Waals surface area contributed by atoms with Gasteiger partial charge < -0.3 is 0 Å². The number of benzene rings is 6. The van der Waals surface area contributed by atoms with Gasteiger partial charge in [0.05, 0.1) is 0 Å². The third-order valence-corrected chi connectivity index (χ3v) is 130. The molecule has 0 radical (unpaired) electrons. The van der Waals surface area contributed by atoms with E-state index in [4.69, 9.17) is 26.9 Å². The van der Waals surface area contributed by atoms with E-state index in [1.165, 1.54) is 26.1 Å². The summed E-state index contributed by atoms with van der Waals surface area (Å²) < 4.78 is 8.88. The first kappa shape index (κ1) is 29.1. The first-order valence-electron chi connectivity index (χ1n) is 13.5. The summed E-state index contributed by atoms with van der Waals surface area (Å²) in [5, 5.41) is 0. The molecule has 0 amide bonds. The van der Waals surface area contributed by atoms with Gasteiger partial charge in [-0.05, 0) is 0 Å². The number of halogens is 2. The van der Waals surface area contributed by atoms with Crippen molar-refractivity contribution in [2.24, 2.45) is 0 Å². The van der Waals surface area contributed by atoms with E-state index in [-0.39, 0.29) is 0 Å². The molecular weight excluding hydrogens is 848 g/mol. The van der Waals surface area contributed by atoms with Crippen molar-refractivity contribution in [1.82, 2.24) is 0 Å².